The third-order valence-electron chi connectivity index (χ3n) is 2.21. The van der Waals surface area contributed by atoms with Crippen LogP contribution in [0.25, 0.3) is 0 Å². The van der Waals surface area contributed by atoms with Crippen LogP contribution in [0.1, 0.15) is 13.3 Å². The Morgan fingerprint density at radius 1 is 1.50 bits per heavy atom. The highest BCUT2D eigenvalue weighted by atomic mass is 35.5. The Morgan fingerprint density at radius 3 is 2.81 bits per heavy atom. The van der Waals surface area contributed by atoms with Gasteiger partial charge in [-0.1, -0.05) is 18.5 Å². The maximum Gasteiger partial charge on any atom is 0.167 e. The van der Waals surface area contributed by atoms with Crippen LogP contribution >= 0.6 is 11.6 Å². The molecule has 1 heterocycles. The molecule has 0 aliphatic carbocycles. The average molecular weight is 246 g/mol. The lowest BCUT2D eigenvalue weighted by Gasteiger charge is -2.23. The van der Waals surface area contributed by atoms with Crippen molar-refractivity contribution in [2.75, 3.05) is 31.6 Å². The monoisotopic (exact) mass is 245 g/mol. The Labute approximate surface area is 101 Å². The van der Waals surface area contributed by atoms with Crippen molar-refractivity contribution in [3.8, 4) is 0 Å². The number of aromatic nitrogens is 1. The van der Waals surface area contributed by atoms with Gasteiger partial charge in [-0.15, -0.1) is 0 Å². The van der Waals surface area contributed by atoms with Crippen LogP contribution in [0.15, 0.2) is 12.3 Å². The minimum absolute atomic E-state index is 0.325. The van der Waals surface area contributed by atoms with Gasteiger partial charge < -0.3 is 10.2 Å². The molecule has 0 bridgehead atoms. The predicted molar refractivity (Wildman–Crippen MR) is 65.6 cm³/mol. The van der Waals surface area contributed by atoms with Gasteiger partial charge in [0.25, 0.3) is 0 Å². The summed E-state index contributed by atoms with van der Waals surface area (Å²) in [6.45, 7) is 4.37. The Morgan fingerprint density at radius 2 is 2.25 bits per heavy atom. The minimum atomic E-state index is -0.364. The third kappa shape index (κ3) is 3.61. The van der Waals surface area contributed by atoms with E-state index in [1.165, 1.54) is 12.3 Å². The van der Waals surface area contributed by atoms with Gasteiger partial charge in [0.1, 0.15) is 0 Å². The molecule has 90 valence electrons. The second-order valence-electron chi connectivity index (χ2n) is 3.55. The first kappa shape index (κ1) is 13.2. The molecule has 16 heavy (non-hydrogen) atoms. The van der Waals surface area contributed by atoms with Crippen molar-refractivity contribution in [3.05, 3.63) is 23.1 Å². The summed E-state index contributed by atoms with van der Waals surface area (Å²) in [5.74, 6) is 0.0125. The van der Waals surface area contributed by atoms with Crippen LogP contribution < -0.4 is 10.2 Å². The SMILES string of the molecule is CCCN(CCNC)c1ncc(Cl)cc1F. The summed E-state index contributed by atoms with van der Waals surface area (Å²) in [6.07, 6.45) is 2.43. The third-order valence-corrected chi connectivity index (χ3v) is 2.42. The quantitative estimate of drug-likeness (QED) is 0.834. The van der Waals surface area contributed by atoms with E-state index in [1.807, 2.05) is 11.9 Å². The van der Waals surface area contributed by atoms with E-state index in [1.54, 1.807) is 0 Å². The molecule has 0 unspecified atom stereocenters. The highest BCUT2D eigenvalue weighted by Crippen LogP contribution is 2.19. The number of nitrogens with one attached hydrogen (secondary N) is 1. The van der Waals surface area contributed by atoms with Crippen LogP contribution in [0, 0.1) is 5.82 Å². The van der Waals surface area contributed by atoms with Crippen LogP contribution in [0.2, 0.25) is 5.02 Å². The molecule has 0 aliphatic heterocycles. The molecule has 5 heteroatoms. The van der Waals surface area contributed by atoms with Gasteiger partial charge in [-0.2, -0.15) is 0 Å². The number of likely N-dealkylation sites (N-methyl/N-ethyl adjacent to an activating group) is 1. The van der Waals surface area contributed by atoms with Crippen LogP contribution in [0.3, 0.4) is 0 Å². The summed E-state index contributed by atoms with van der Waals surface area (Å²) in [6, 6.07) is 1.30. The molecule has 0 fully saturated rings. The molecule has 1 N–H and O–H groups in total. The second-order valence-corrected chi connectivity index (χ2v) is 3.99. The van der Waals surface area contributed by atoms with Crippen molar-refractivity contribution >= 4 is 17.4 Å². The van der Waals surface area contributed by atoms with Gasteiger partial charge in [-0.25, -0.2) is 9.37 Å². The van der Waals surface area contributed by atoms with Gasteiger partial charge in [-0.3, -0.25) is 0 Å². The van der Waals surface area contributed by atoms with E-state index in [9.17, 15) is 4.39 Å². The predicted octanol–water partition coefficient (Wildman–Crippen LogP) is 2.31. The summed E-state index contributed by atoms with van der Waals surface area (Å²) in [5.41, 5.74) is 0. The summed E-state index contributed by atoms with van der Waals surface area (Å²) < 4.78 is 13.6. The molecule has 0 spiro atoms. The first-order valence-corrected chi connectivity index (χ1v) is 5.77. The maximum atomic E-state index is 13.6. The van der Waals surface area contributed by atoms with Gasteiger partial charge in [0.05, 0.1) is 5.02 Å². The fourth-order valence-corrected chi connectivity index (χ4v) is 1.62. The molecule has 0 saturated carbocycles. The molecule has 0 radical (unpaired) electrons. The number of halogens is 2. The Hall–Kier alpha value is -0.870. The lowest BCUT2D eigenvalue weighted by molar-refractivity contribution is 0.602. The highest BCUT2D eigenvalue weighted by Gasteiger charge is 2.12. The summed E-state index contributed by atoms with van der Waals surface area (Å²) in [7, 11) is 1.87. The highest BCUT2D eigenvalue weighted by molar-refractivity contribution is 6.30. The van der Waals surface area contributed by atoms with E-state index < -0.39 is 0 Å². The molecular weight excluding hydrogens is 229 g/mol. The molecule has 1 aromatic rings. The molecule has 0 atom stereocenters. The minimum Gasteiger partial charge on any atom is -0.353 e. The van der Waals surface area contributed by atoms with Crippen LogP contribution in [0.5, 0.6) is 0 Å². The van der Waals surface area contributed by atoms with Crippen molar-refractivity contribution in [3.63, 3.8) is 0 Å². The normalized spacial score (nSPS) is 10.5. The van der Waals surface area contributed by atoms with Crippen molar-refractivity contribution in [2.45, 2.75) is 13.3 Å². The fraction of sp³-hybridized carbons (Fsp3) is 0.545. The molecule has 1 rings (SSSR count). The van der Waals surface area contributed by atoms with E-state index in [0.29, 0.717) is 10.8 Å². The summed E-state index contributed by atoms with van der Waals surface area (Å²) >= 11 is 5.67. The van der Waals surface area contributed by atoms with E-state index in [2.05, 4.69) is 17.2 Å². The van der Waals surface area contributed by atoms with E-state index in [4.69, 9.17) is 11.6 Å². The van der Waals surface area contributed by atoms with Crippen molar-refractivity contribution < 1.29 is 4.39 Å². The van der Waals surface area contributed by atoms with E-state index >= 15 is 0 Å². The molecule has 0 amide bonds. The molecule has 1 aromatic heterocycles. The van der Waals surface area contributed by atoms with Gasteiger partial charge in [0.15, 0.2) is 11.6 Å². The molecule has 3 nitrogen and oxygen atoms in total. The lowest BCUT2D eigenvalue weighted by Crippen LogP contribution is -2.32. The lowest BCUT2D eigenvalue weighted by atomic mass is 10.3. The van der Waals surface area contributed by atoms with Crippen LogP contribution in [-0.4, -0.2) is 31.7 Å². The Balaban J connectivity index is 2.82. The summed E-state index contributed by atoms with van der Waals surface area (Å²) in [4.78, 5) is 5.96. The van der Waals surface area contributed by atoms with Crippen molar-refractivity contribution in [1.29, 1.82) is 0 Å². The van der Waals surface area contributed by atoms with Crippen molar-refractivity contribution in [2.24, 2.45) is 0 Å². The van der Waals surface area contributed by atoms with E-state index in [-0.39, 0.29) is 5.82 Å². The number of pyridine rings is 1. The zero-order valence-electron chi connectivity index (χ0n) is 9.63. The average Bonchev–Trinajstić information content (AvgIpc) is 2.25. The van der Waals surface area contributed by atoms with Gasteiger partial charge in [-0.05, 0) is 19.5 Å². The van der Waals surface area contributed by atoms with Crippen molar-refractivity contribution in [1.82, 2.24) is 10.3 Å². The second kappa shape index (κ2) is 6.66. The fourth-order valence-electron chi connectivity index (χ4n) is 1.48. The Kier molecular flexibility index (Phi) is 5.49. The first-order valence-electron chi connectivity index (χ1n) is 5.39. The zero-order chi connectivity index (χ0) is 12.0. The summed E-state index contributed by atoms with van der Waals surface area (Å²) in [5, 5.41) is 3.36. The van der Waals surface area contributed by atoms with Gasteiger partial charge in [0, 0.05) is 25.8 Å². The molecule has 0 saturated heterocycles. The maximum absolute atomic E-state index is 13.6. The smallest absolute Gasteiger partial charge is 0.167 e. The molecule has 0 aliphatic rings. The number of rotatable bonds is 6. The topological polar surface area (TPSA) is 28.2 Å². The first-order chi connectivity index (χ1) is 7.69. The van der Waals surface area contributed by atoms with Gasteiger partial charge >= 0.3 is 0 Å². The van der Waals surface area contributed by atoms with Gasteiger partial charge in [0.2, 0.25) is 0 Å². The number of anilines is 1. The number of nitrogens with zero attached hydrogens (tertiary/aromatic N) is 2. The largest absolute Gasteiger partial charge is 0.353 e. The standard InChI is InChI=1S/C11H17ClFN3/c1-3-5-16(6-4-14-2)11-10(13)7-9(12)8-15-11/h7-8,14H,3-6H2,1-2H3. The van der Waals surface area contributed by atoms with E-state index in [0.717, 1.165) is 26.1 Å². The molecular formula is C11H17ClFN3. The van der Waals surface area contributed by atoms with Crippen LogP contribution in [0.4, 0.5) is 10.2 Å². The molecule has 0 aromatic carbocycles. The number of hydrogen-bond donors (Lipinski definition) is 1. The van der Waals surface area contributed by atoms with Crippen LogP contribution in [-0.2, 0) is 0 Å². The number of hydrogen-bond acceptors (Lipinski definition) is 3. The zero-order valence-corrected chi connectivity index (χ0v) is 10.4. The Bertz CT molecular complexity index is 333.